The number of aromatic amines is 1. The summed E-state index contributed by atoms with van der Waals surface area (Å²) < 4.78 is 0. The van der Waals surface area contributed by atoms with Gasteiger partial charge in [-0.05, 0) is 33.4 Å². The average molecular weight is 269 g/mol. The summed E-state index contributed by atoms with van der Waals surface area (Å²) >= 11 is 1.82. The topological polar surface area (TPSA) is 57.8 Å². The number of hydrogen-bond donors (Lipinski definition) is 2. The van der Waals surface area contributed by atoms with E-state index in [1.165, 1.54) is 0 Å². The second-order valence-corrected chi connectivity index (χ2v) is 5.51. The minimum atomic E-state index is -0.0287. The zero-order valence-electron chi connectivity index (χ0n) is 11.8. The van der Waals surface area contributed by atoms with E-state index in [9.17, 15) is 4.79 Å². The third-order valence-corrected chi connectivity index (χ3v) is 3.78. The molecule has 0 saturated carbocycles. The van der Waals surface area contributed by atoms with Gasteiger partial charge < -0.3 is 10.3 Å². The lowest BCUT2D eigenvalue weighted by molar-refractivity contribution is 0.469. The molecule has 2 atom stereocenters. The normalized spacial score (nSPS) is 14.5. The molecule has 2 N–H and O–H groups in total. The molecule has 0 radical (unpaired) electrons. The molecule has 18 heavy (non-hydrogen) atoms. The van der Waals surface area contributed by atoms with Crippen molar-refractivity contribution in [2.24, 2.45) is 0 Å². The summed E-state index contributed by atoms with van der Waals surface area (Å²) in [6, 6.07) is 0.453. The third-order valence-electron chi connectivity index (χ3n) is 3.04. The zero-order chi connectivity index (χ0) is 13.7. The van der Waals surface area contributed by atoms with Gasteiger partial charge in [-0.15, -0.1) is 0 Å². The van der Waals surface area contributed by atoms with E-state index in [1.807, 2.05) is 25.6 Å². The Kier molecular flexibility index (Phi) is 5.88. The van der Waals surface area contributed by atoms with Gasteiger partial charge in [0, 0.05) is 23.5 Å². The van der Waals surface area contributed by atoms with Gasteiger partial charge in [0.25, 0.3) is 5.56 Å². The van der Waals surface area contributed by atoms with Crippen LogP contribution < -0.4 is 10.9 Å². The molecule has 1 aromatic rings. The third kappa shape index (κ3) is 3.85. The van der Waals surface area contributed by atoms with Crippen LogP contribution in [0.4, 0.5) is 0 Å². The summed E-state index contributed by atoms with van der Waals surface area (Å²) in [6.45, 7) is 7.88. The van der Waals surface area contributed by atoms with E-state index in [1.54, 1.807) is 6.92 Å². The quantitative estimate of drug-likeness (QED) is 0.831. The van der Waals surface area contributed by atoms with Crippen molar-refractivity contribution in [2.75, 3.05) is 12.0 Å². The van der Waals surface area contributed by atoms with Gasteiger partial charge in [0.05, 0.1) is 5.56 Å². The molecule has 0 spiro atoms. The van der Waals surface area contributed by atoms with Crippen LogP contribution in [0.1, 0.15) is 43.4 Å². The highest BCUT2D eigenvalue weighted by atomic mass is 32.2. The van der Waals surface area contributed by atoms with Crippen LogP contribution in [0.5, 0.6) is 0 Å². The van der Waals surface area contributed by atoms with E-state index in [-0.39, 0.29) is 11.6 Å². The molecule has 1 aromatic heterocycles. The number of nitrogens with zero attached hydrogens (tertiary/aromatic N) is 1. The molecule has 4 nitrogen and oxygen atoms in total. The predicted molar refractivity (Wildman–Crippen MR) is 78.3 cm³/mol. The Hall–Kier alpha value is -0.810. The van der Waals surface area contributed by atoms with E-state index in [2.05, 4.69) is 28.5 Å². The Bertz CT molecular complexity index is 444. The number of hydrogen-bond acceptors (Lipinski definition) is 4. The lowest BCUT2D eigenvalue weighted by atomic mass is 10.1. The van der Waals surface area contributed by atoms with E-state index in [0.29, 0.717) is 11.9 Å². The van der Waals surface area contributed by atoms with Gasteiger partial charge in [-0.25, -0.2) is 4.98 Å². The number of rotatable bonds is 6. The van der Waals surface area contributed by atoms with E-state index in [0.717, 1.165) is 23.4 Å². The predicted octanol–water partition coefficient (Wildman–Crippen LogP) is 2.18. The molecule has 0 aromatic carbocycles. The van der Waals surface area contributed by atoms with Crippen LogP contribution in [-0.4, -0.2) is 28.0 Å². The van der Waals surface area contributed by atoms with Gasteiger partial charge in [0.1, 0.15) is 5.82 Å². The second kappa shape index (κ2) is 6.95. The molecule has 0 amide bonds. The summed E-state index contributed by atoms with van der Waals surface area (Å²) in [5.74, 6) is 1.72. The average Bonchev–Trinajstić information content (AvgIpc) is 2.26. The summed E-state index contributed by atoms with van der Waals surface area (Å²) in [5.41, 5.74) is 1.54. The fraction of sp³-hybridized carbons (Fsp3) is 0.692. The van der Waals surface area contributed by atoms with Crippen LogP contribution in [0, 0.1) is 13.8 Å². The number of aryl methyl sites for hydroxylation is 2. The maximum absolute atomic E-state index is 12.0. The number of aromatic nitrogens is 2. The molecule has 0 aliphatic rings. The van der Waals surface area contributed by atoms with Gasteiger partial charge in [-0.3, -0.25) is 4.79 Å². The molecule has 5 heteroatoms. The Balaban J connectivity index is 2.90. The van der Waals surface area contributed by atoms with Crippen molar-refractivity contribution in [1.29, 1.82) is 0 Å². The highest BCUT2D eigenvalue weighted by Crippen LogP contribution is 2.13. The lowest BCUT2D eigenvalue weighted by Gasteiger charge is -2.22. The van der Waals surface area contributed by atoms with Gasteiger partial charge in [0.2, 0.25) is 0 Å². The number of nitrogens with one attached hydrogen (secondary N) is 2. The highest BCUT2D eigenvalue weighted by molar-refractivity contribution is 7.98. The van der Waals surface area contributed by atoms with Crippen molar-refractivity contribution >= 4 is 11.8 Å². The maximum atomic E-state index is 12.0. The molecule has 0 aliphatic heterocycles. The van der Waals surface area contributed by atoms with Crippen molar-refractivity contribution < 1.29 is 0 Å². The summed E-state index contributed by atoms with van der Waals surface area (Å²) in [4.78, 5) is 19.1. The van der Waals surface area contributed by atoms with Crippen molar-refractivity contribution in [3.63, 3.8) is 0 Å². The van der Waals surface area contributed by atoms with E-state index >= 15 is 0 Å². The fourth-order valence-electron chi connectivity index (χ4n) is 2.17. The van der Waals surface area contributed by atoms with E-state index < -0.39 is 0 Å². The molecule has 102 valence electrons. The van der Waals surface area contributed by atoms with Crippen molar-refractivity contribution in [1.82, 2.24) is 15.3 Å². The van der Waals surface area contributed by atoms with Gasteiger partial charge >= 0.3 is 0 Å². The van der Waals surface area contributed by atoms with Gasteiger partial charge in [0.15, 0.2) is 0 Å². The lowest BCUT2D eigenvalue weighted by Crippen LogP contribution is -2.36. The molecule has 0 bridgehead atoms. The first-order chi connectivity index (χ1) is 8.49. The highest BCUT2D eigenvalue weighted by Gasteiger charge is 2.17. The first-order valence-corrected chi connectivity index (χ1v) is 7.71. The minimum Gasteiger partial charge on any atom is -0.310 e. The molecular weight excluding hydrogens is 246 g/mol. The number of H-pyrrole nitrogens is 1. The molecular formula is C13H23N3OS. The monoisotopic (exact) mass is 269 g/mol. The Morgan fingerprint density at radius 2 is 2.11 bits per heavy atom. The molecule has 2 unspecified atom stereocenters. The zero-order valence-corrected chi connectivity index (χ0v) is 12.6. The van der Waals surface area contributed by atoms with Crippen LogP contribution in [-0.2, 0) is 0 Å². The van der Waals surface area contributed by atoms with Crippen LogP contribution >= 0.6 is 11.8 Å². The summed E-state index contributed by atoms with van der Waals surface area (Å²) in [6.07, 6.45) is 3.15. The van der Waals surface area contributed by atoms with Crippen molar-refractivity contribution in [2.45, 2.75) is 46.2 Å². The second-order valence-electron chi connectivity index (χ2n) is 4.60. The minimum absolute atomic E-state index is 0.0268. The van der Waals surface area contributed by atoms with Gasteiger partial charge in [-0.1, -0.05) is 6.92 Å². The Morgan fingerprint density at radius 1 is 1.44 bits per heavy atom. The van der Waals surface area contributed by atoms with Crippen LogP contribution in [0.15, 0.2) is 4.79 Å². The largest absolute Gasteiger partial charge is 0.310 e. The van der Waals surface area contributed by atoms with Crippen LogP contribution in [0.3, 0.4) is 0 Å². The Labute approximate surface area is 113 Å². The van der Waals surface area contributed by atoms with Crippen molar-refractivity contribution in [3.8, 4) is 0 Å². The first kappa shape index (κ1) is 15.2. The molecule has 1 rings (SSSR count). The molecule has 0 fully saturated rings. The summed E-state index contributed by atoms with van der Waals surface area (Å²) in [5, 5.41) is 3.50. The standard InChI is InChI=1S/C13H23N3OS/c1-6-11(7-18-5)15-9(3)12-8(2)14-10(4)16-13(12)17/h9,11,15H,6-7H2,1-5H3,(H,14,16,17). The molecule has 0 aliphatic carbocycles. The Morgan fingerprint density at radius 3 is 2.61 bits per heavy atom. The molecule has 1 heterocycles. The number of thioether (sulfide) groups is 1. The summed E-state index contributed by atoms with van der Waals surface area (Å²) in [7, 11) is 0. The van der Waals surface area contributed by atoms with Crippen LogP contribution in [0.25, 0.3) is 0 Å². The van der Waals surface area contributed by atoms with Crippen molar-refractivity contribution in [3.05, 3.63) is 27.4 Å². The fourth-order valence-corrected chi connectivity index (χ4v) is 2.90. The van der Waals surface area contributed by atoms with Crippen LogP contribution in [0.2, 0.25) is 0 Å². The maximum Gasteiger partial charge on any atom is 0.255 e. The van der Waals surface area contributed by atoms with E-state index in [4.69, 9.17) is 0 Å². The first-order valence-electron chi connectivity index (χ1n) is 6.32. The smallest absolute Gasteiger partial charge is 0.255 e. The van der Waals surface area contributed by atoms with Gasteiger partial charge in [-0.2, -0.15) is 11.8 Å². The SMILES string of the molecule is CCC(CSC)NC(C)c1c(C)nc(C)[nH]c1=O. The molecule has 0 saturated heterocycles.